The summed E-state index contributed by atoms with van der Waals surface area (Å²) in [7, 11) is 0. The molecule has 5 N–H and O–H groups in total. The van der Waals surface area contributed by atoms with Crippen molar-refractivity contribution in [2.75, 3.05) is 5.32 Å². The second kappa shape index (κ2) is 7.08. The van der Waals surface area contributed by atoms with Gasteiger partial charge in [0, 0.05) is 11.6 Å². The third-order valence-corrected chi connectivity index (χ3v) is 3.47. The molecule has 0 fully saturated rings. The zero-order valence-corrected chi connectivity index (χ0v) is 12.9. The Kier molecular flexibility index (Phi) is 5.15. The summed E-state index contributed by atoms with van der Waals surface area (Å²) in [5, 5.41) is 21.4. The molecule has 0 saturated carbocycles. The van der Waals surface area contributed by atoms with E-state index < -0.39 is 11.9 Å². The number of hydrogen-bond acceptors (Lipinski definition) is 4. The summed E-state index contributed by atoms with van der Waals surface area (Å²) in [6.45, 7) is 0. The highest BCUT2D eigenvalue weighted by Gasteiger charge is 2.11. The smallest absolute Gasteiger partial charge is 0.337 e. The number of rotatable bonds is 2. The van der Waals surface area contributed by atoms with Crippen molar-refractivity contribution in [2.45, 2.75) is 0 Å². The molecule has 0 aliphatic heterocycles. The van der Waals surface area contributed by atoms with Crippen LogP contribution in [0, 0.1) is 0 Å². The predicted octanol–water partition coefficient (Wildman–Crippen LogP) is 2.87. The minimum absolute atomic E-state index is 0.0383. The Morgan fingerprint density at radius 2 is 1.61 bits per heavy atom. The van der Waals surface area contributed by atoms with Gasteiger partial charge in [0.05, 0.1) is 15.7 Å². The number of urea groups is 1. The van der Waals surface area contributed by atoms with Gasteiger partial charge in [-0.3, -0.25) is 10.2 Å². The summed E-state index contributed by atoms with van der Waals surface area (Å²) in [6, 6.07) is 7.25. The van der Waals surface area contributed by atoms with Gasteiger partial charge in [-0.1, -0.05) is 29.3 Å². The number of hydrazine groups is 1. The Balaban J connectivity index is 1.96. The third kappa shape index (κ3) is 4.41. The summed E-state index contributed by atoms with van der Waals surface area (Å²) in [5.74, 6) is -1.31. The molecule has 2 aromatic carbocycles. The van der Waals surface area contributed by atoms with Crippen molar-refractivity contribution in [3.8, 4) is 11.5 Å². The minimum Gasteiger partial charge on any atom is -0.508 e. The molecule has 0 aliphatic carbocycles. The SMILES string of the molecule is O=C(NNC(=O)c1cc(O)cc(O)c1)Nc1cccc(Cl)c1Cl. The fourth-order valence-corrected chi connectivity index (χ4v) is 2.01. The highest BCUT2D eigenvalue weighted by atomic mass is 35.5. The van der Waals surface area contributed by atoms with Gasteiger partial charge in [-0.15, -0.1) is 0 Å². The van der Waals surface area contributed by atoms with E-state index in [2.05, 4.69) is 16.2 Å². The van der Waals surface area contributed by atoms with Crippen LogP contribution in [0.1, 0.15) is 10.4 Å². The van der Waals surface area contributed by atoms with Gasteiger partial charge >= 0.3 is 6.03 Å². The van der Waals surface area contributed by atoms with Crippen molar-refractivity contribution < 1.29 is 19.8 Å². The summed E-state index contributed by atoms with van der Waals surface area (Å²) in [5.41, 5.74) is 4.44. The molecule has 9 heteroatoms. The van der Waals surface area contributed by atoms with Gasteiger partial charge in [-0.2, -0.15) is 0 Å². The molecule has 0 spiro atoms. The first kappa shape index (κ1) is 16.7. The monoisotopic (exact) mass is 355 g/mol. The number of phenols is 2. The Morgan fingerprint density at radius 1 is 0.957 bits per heavy atom. The van der Waals surface area contributed by atoms with Crippen LogP contribution in [0.4, 0.5) is 10.5 Å². The molecule has 2 rings (SSSR count). The number of nitrogens with one attached hydrogen (secondary N) is 3. The molecular formula is C14H11Cl2N3O4. The predicted molar refractivity (Wildman–Crippen MR) is 85.9 cm³/mol. The molecule has 0 aromatic heterocycles. The van der Waals surface area contributed by atoms with Crippen molar-refractivity contribution in [3.63, 3.8) is 0 Å². The van der Waals surface area contributed by atoms with E-state index in [1.165, 1.54) is 6.07 Å². The zero-order chi connectivity index (χ0) is 17.0. The number of carbonyl (C=O) groups excluding carboxylic acids is 2. The van der Waals surface area contributed by atoms with Gasteiger partial charge in [0.2, 0.25) is 0 Å². The van der Waals surface area contributed by atoms with Gasteiger partial charge in [0.15, 0.2) is 0 Å². The molecule has 0 bridgehead atoms. The normalized spacial score (nSPS) is 10.0. The number of aromatic hydroxyl groups is 2. The molecule has 7 nitrogen and oxygen atoms in total. The van der Waals surface area contributed by atoms with Crippen LogP contribution in [0.2, 0.25) is 10.0 Å². The van der Waals surface area contributed by atoms with Crippen molar-refractivity contribution in [3.05, 3.63) is 52.0 Å². The van der Waals surface area contributed by atoms with Crippen molar-refractivity contribution >= 4 is 40.8 Å². The van der Waals surface area contributed by atoms with Gasteiger partial charge < -0.3 is 15.5 Å². The Hall–Kier alpha value is -2.64. The summed E-state index contributed by atoms with van der Waals surface area (Å²) in [6.07, 6.45) is 0. The van der Waals surface area contributed by atoms with Crippen LogP contribution in [0.3, 0.4) is 0 Å². The second-order valence-electron chi connectivity index (χ2n) is 4.37. The van der Waals surface area contributed by atoms with Crippen LogP contribution in [0.15, 0.2) is 36.4 Å². The number of anilines is 1. The third-order valence-electron chi connectivity index (χ3n) is 2.65. The lowest BCUT2D eigenvalue weighted by Gasteiger charge is -2.11. The molecule has 0 saturated heterocycles. The van der Waals surface area contributed by atoms with Gasteiger partial charge in [0.25, 0.3) is 5.91 Å². The van der Waals surface area contributed by atoms with Crippen molar-refractivity contribution in [1.82, 2.24) is 10.9 Å². The van der Waals surface area contributed by atoms with Crippen molar-refractivity contribution in [1.29, 1.82) is 0 Å². The lowest BCUT2D eigenvalue weighted by atomic mass is 10.2. The lowest BCUT2D eigenvalue weighted by molar-refractivity contribution is 0.0937. The first-order chi connectivity index (χ1) is 10.9. The quantitative estimate of drug-likeness (QED) is 0.533. The molecular weight excluding hydrogens is 345 g/mol. The molecule has 0 heterocycles. The number of hydrogen-bond donors (Lipinski definition) is 5. The van der Waals surface area contributed by atoms with Gasteiger partial charge in [-0.25, -0.2) is 10.2 Å². The Bertz CT molecular complexity index is 747. The van der Waals surface area contributed by atoms with Crippen LogP contribution in [0.5, 0.6) is 11.5 Å². The lowest BCUT2D eigenvalue weighted by Crippen LogP contribution is -2.43. The molecule has 0 unspecified atom stereocenters. The highest BCUT2D eigenvalue weighted by Crippen LogP contribution is 2.29. The van der Waals surface area contributed by atoms with Gasteiger partial charge in [-0.05, 0) is 24.3 Å². The summed E-state index contributed by atoms with van der Waals surface area (Å²) >= 11 is 11.7. The number of halogens is 2. The topological polar surface area (TPSA) is 111 Å². The van der Waals surface area contributed by atoms with Crippen molar-refractivity contribution in [2.24, 2.45) is 0 Å². The fraction of sp³-hybridized carbons (Fsp3) is 0. The average Bonchev–Trinajstić information content (AvgIpc) is 2.48. The van der Waals surface area contributed by atoms with E-state index >= 15 is 0 Å². The largest absolute Gasteiger partial charge is 0.508 e. The fourth-order valence-electron chi connectivity index (χ4n) is 1.67. The zero-order valence-electron chi connectivity index (χ0n) is 11.4. The molecule has 0 atom stereocenters. The van der Waals surface area contributed by atoms with Crippen LogP contribution >= 0.6 is 23.2 Å². The molecule has 3 amide bonds. The minimum atomic E-state index is -0.758. The molecule has 23 heavy (non-hydrogen) atoms. The number of amides is 3. The number of benzene rings is 2. The van der Waals surface area contributed by atoms with E-state index in [-0.39, 0.29) is 32.8 Å². The van der Waals surface area contributed by atoms with E-state index in [9.17, 15) is 19.8 Å². The van der Waals surface area contributed by atoms with Crippen LogP contribution in [-0.4, -0.2) is 22.2 Å². The first-order valence-corrected chi connectivity index (χ1v) is 6.97. The Labute approximate surface area is 140 Å². The maximum atomic E-state index is 11.8. The second-order valence-corrected chi connectivity index (χ2v) is 5.16. The van der Waals surface area contributed by atoms with E-state index in [4.69, 9.17) is 23.2 Å². The average molecular weight is 356 g/mol. The van der Waals surface area contributed by atoms with E-state index in [1.54, 1.807) is 12.1 Å². The van der Waals surface area contributed by atoms with E-state index in [1.807, 2.05) is 0 Å². The standard InChI is InChI=1S/C14H11Cl2N3O4/c15-10-2-1-3-11(12(10)16)17-14(23)19-18-13(22)7-4-8(20)6-9(21)5-7/h1-6,20-21H,(H,18,22)(H2,17,19,23). The van der Waals surface area contributed by atoms with E-state index in [0.717, 1.165) is 18.2 Å². The molecule has 120 valence electrons. The molecule has 2 aromatic rings. The highest BCUT2D eigenvalue weighted by molar-refractivity contribution is 6.43. The van der Waals surface area contributed by atoms with Crippen LogP contribution in [0.25, 0.3) is 0 Å². The van der Waals surface area contributed by atoms with Crippen LogP contribution < -0.4 is 16.2 Å². The first-order valence-electron chi connectivity index (χ1n) is 6.21. The van der Waals surface area contributed by atoms with Crippen LogP contribution in [-0.2, 0) is 0 Å². The number of carbonyl (C=O) groups is 2. The van der Waals surface area contributed by atoms with E-state index in [0.29, 0.717) is 0 Å². The maximum absolute atomic E-state index is 11.8. The summed E-state index contributed by atoms with van der Waals surface area (Å²) in [4.78, 5) is 23.5. The Morgan fingerprint density at radius 3 is 2.26 bits per heavy atom. The molecule has 0 aliphatic rings. The number of phenolic OH excluding ortho intramolecular Hbond substituents is 2. The summed E-state index contributed by atoms with van der Waals surface area (Å²) < 4.78 is 0. The molecule has 0 radical (unpaired) electrons. The van der Waals surface area contributed by atoms with Gasteiger partial charge in [0.1, 0.15) is 11.5 Å². The maximum Gasteiger partial charge on any atom is 0.337 e.